The van der Waals surface area contributed by atoms with Gasteiger partial charge in [0.1, 0.15) is 0 Å². The lowest BCUT2D eigenvalue weighted by Gasteiger charge is -2.20. The average molecular weight is 253 g/mol. The first-order valence-electron chi connectivity index (χ1n) is 5.66. The van der Waals surface area contributed by atoms with E-state index in [4.69, 9.17) is 14.2 Å². The van der Waals surface area contributed by atoms with Crippen LogP contribution in [-0.4, -0.2) is 44.9 Å². The topological polar surface area (TPSA) is 48.0 Å². The number of rotatable bonds is 6. The van der Waals surface area contributed by atoms with E-state index in [0.717, 1.165) is 0 Å². The van der Waals surface area contributed by atoms with Gasteiger partial charge in [-0.15, -0.1) is 0 Å². The van der Waals surface area contributed by atoms with Gasteiger partial charge in [-0.05, 0) is 33.2 Å². The Labute approximate surface area is 107 Å². The number of ether oxygens (including phenoxy) is 3. The maximum Gasteiger partial charge on any atom is 0.345 e. The van der Waals surface area contributed by atoms with Crippen molar-refractivity contribution >= 4 is 5.97 Å². The molecular weight excluding hydrogens is 234 g/mol. The summed E-state index contributed by atoms with van der Waals surface area (Å²) in [6.07, 6.45) is -0.279. The quantitative estimate of drug-likeness (QED) is 0.568. The smallest absolute Gasteiger partial charge is 0.345 e. The number of para-hydroxylation sites is 2. The second-order valence-electron chi connectivity index (χ2n) is 3.99. The van der Waals surface area contributed by atoms with E-state index in [-0.39, 0.29) is 12.8 Å². The van der Waals surface area contributed by atoms with Crippen molar-refractivity contribution in [3.63, 3.8) is 0 Å². The number of benzene rings is 1. The van der Waals surface area contributed by atoms with Crippen molar-refractivity contribution < 1.29 is 19.0 Å². The Morgan fingerprint density at radius 3 is 2.44 bits per heavy atom. The monoisotopic (exact) mass is 253 g/mol. The van der Waals surface area contributed by atoms with E-state index in [0.29, 0.717) is 11.5 Å². The molecule has 1 rings (SSSR count). The molecule has 0 spiro atoms. The summed E-state index contributed by atoms with van der Waals surface area (Å²) < 4.78 is 15.6. The summed E-state index contributed by atoms with van der Waals surface area (Å²) in [5, 5.41) is 0. The third kappa shape index (κ3) is 4.25. The molecule has 18 heavy (non-hydrogen) atoms. The van der Waals surface area contributed by atoms with Crippen LogP contribution in [0, 0.1) is 0 Å². The van der Waals surface area contributed by atoms with Crippen LogP contribution in [0.25, 0.3) is 0 Å². The molecule has 0 amide bonds. The van der Waals surface area contributed by atoms with E-state index in [1.165, 1.54) is 0 Å². The van der Waals surface area contributed by atoms with Crippen molar-refractivity contribution in [2.24, 2.45) is 0 Å². The van der Waals surface area contributed by atoms with Crippen LogP contribution >= 0.6 is 0 Å². The second kappa shape index (κ2) is 6.86. The Balaban J connectivity index is 2.47. The number of methoxy groups -OCH3 is 1. The molecule has 0 aliphatic rings. The van der Waals surface area contributed by atoms with E-state index in [2.05, 4.69) is 0 Å². The average Bonchev–Trinajstić information content (AvgIpc) is 2.36. The summed E-state index contributed by atoms with van der Waals surface area (Å²) >= 11 is 0. The minimum Gasteiger partial charge on any atom is -0.493 e. The van der Waals surface area contributed by atoms with Crippen LogP contribution < -0.4 is 9.47 Å². The molecule has 0 saturated carbocycles. The van der Waals surface area contributed by atoms with Gasteiger partial charge in [0.05, 0.1) is 7.11 Å². The van der Waals surface area contributed by atoms with Crippen LogP contribution in [-0.2, 0) is 9.53 Å². The van der Waals surface area contributed by atoms with Gasteiger partial charge >= 0.3 is 5.97 Å². The first-order chi connectivity index (χ1) is 8.54. The largest absolute Gasteiger partial charge is 0.493 e. The Bertz CT molecular complexity index is 392. The maximum atomic E-state index is 11.5. The fourth-order valence-electron chi connectivity index (χ4n) is 1.20. The number of carbonyl (C=O) groups is 1. The van der Waals surface area contributed by atoms with Crippen LogP contribution in [0.4, 0.5) is 0 Å². The summed E-state index contributed by atoms with van der Waals surface area (Å²) in [4.78, 5) is 13.3. The van der Waals surface area contributed by atoms with Crippen LogP contribution in [0.15, 0.2) is 24.3 Å². The Hall–Kier alpha value is -1.75. The van der Waals surface area contributed by atoms with Crippen LogP contribution in [0.3, 0.4) is 0 Å². The third-order valence-corrected chi connectivity index (χ3v) is 2.44. The molecule has 0 aliphatic heterocycles. The minimum atomic E-state index is -0.415. The molecule has 5 nitrogen and oxygen atoms in total. The van der Waals surface area contributed by atoms with Crippen molar-refractivity contribution in [3.05, 3.63) is 24.3 Å². The summed E-state index contributed by atoms with van der Waals surface area (Å²) in [7, 11) is 5.21. The molecule has 0 saturated heterocycles. The van der Waals surface area contributed by atoms with Gasteiger partial charge in [0, 0.05) is 0 Å². The highest BCUT2D eigenvalue weighted by Crippen LogP contribution is 2.25. The van der Waals surface area contributed by atoms with Crippen molar-refractivity contribution in [1.82, 2.24) is 4.90 Å². The third-order valence-electron chi connectivity index (χ3n) is 2.44. The van der Waals surface area contributed by atoms with E-state index in [1.54, 1.807) is 31.1 Å². The van der Waals surface area contributed by atoms with E-state index in [9.17, 15) is 4.79 Å². The summed E-state index contributed by atoms with van der Waals surface area (Å²) in [5.41, 5.74) is 0. The number of nitrogens with zero attached hydrogens (tertiary/aromatic N) is 1. The summed E-state index contributed by atoms with van der Waals surface area (Å²) in [5.74, 6) is 0.697. The molecule has 0 heterocycles. The van der Waals surface area contributed by atoms with Crippen molar-refractivity contribution in [2.45, 2.75) is 13.2 Å². The molecule has 0 radical (unpaired) electrons. The van der Waals surface area contributed by atoms with Crippen LogP contribution in [0.5, 0.6) is 11.5 Å². The number of hydrogen-bond donors (Lipinski definition) is 0. The predicted octanol–water partition coefficient (Wildman–Crippen LogP) is 1.52. The molecule has 1 aromatic rings. The molecule has 1 unspecified atom stereocenters. The van der Waals surface area contributed by atoms with Crippen molar-refractivity contribution in [2.75, 3.05) is 27.8 Å². The van der Waals surface area contributed by atoms with Crippen LogP contribution in [0.2, 0.25) is 0 Å². The number of carbonyl (C=O) groups excluding carboxylic acids is 1. The normalized spacial score (nSPS) is 12.1. The van der Waals surface area contributed by atoms with Gasteiger partial charge in [0.15, 0.2) is 24.3 Å². The zero-order chi connectivity index (χ0) is 13.5. The van der Waals surface area contributed by atoms with E-state index in [1.807, 2.05) is 26.2 Å². The first-order valence-corrected chi connectivity index (χ1v) is 5.66. The summed E-state index contributed by atoms with van der Waals surface area (Å²) in [6, 6.07) is 7.15. The van der Waals surface area contributed by atoms with Gasteiger partial charge in [-0.3, -0.25) is 4.90 Å². The molecule has 0 aromatic heterocycles. The van der Waals surface area contributed by atoms with Gasteiger partial charge in [-0.1, -0.05) is 12.1 Å². The lowest BCUT2D eigenvalue weighted by molar-refractivity contribution is -0.157. The van der Waals surface area contributed by atoms with Crippen molar-refractivity contribution in [1.29, 1.82) is 0 Å². The molecule has 1 aromatic carbocycles. The van der Waals surface area contributed by atoms with Gasteiger partial charge in [-0.25, -0.2) is 4.79 Å². The molecule has 0 N–H and O–H groups in total. The standard InChI is InChI=1S/C13H19NO4/c1-10(14(2)3)18-13(15)9-17-12-8-6-5-7-11(12)16-4/h5-8,10H,9H2,1-4H3. The van der Waals surface area contributed by atoms with E-state index >= 15 is 0 Å². The SMILES string of the molecule is COc1ccccc1OCC(=O)OC(C)N(C)C. The fourth-order valence-corrected chi connectivity index (χ4v) is 1.20. The van der Waals surface area contributed by atoms with Gasteiger partial charge in [0.25, 0.3) is 0 Å². The lowest BCUT2D eigenvalue weighted by Crippen LogP contribution is -2.31. The second-order valence-corrected chi connectivity index (χ2v) is 3.99. The fraction of sp³-hybridized carbons (Fsp3) is 0.462. The Morgan fingerprint density at radius 2 is 1.89 bits per heavy atom. The summed E-state index contributed by atoms with van der Waals surface area (Å²) in [6.45, 7) is 1.65. The minimum absolute atomic E-state index is 0.140. The van der Waals surface area contributed by atoms with Crippen molar-refractivity contribution in [3.8, 4) is 11.5 Å². The van der Waals surface area contributed by atoms with E-state index < -0.39 is 5.97 Å². The Morgan fingerprint density at radius 1 is 1.28 bits per heavy atom. The molecular formula is C13H19NO4. The maximum absolute atomic E-state index is 11.5. The molecule has 5 heteroatoms. The van der Waals surface area contributed by atoms with Gasteiger partial charge in [0.2, 0.25) is 0 Å². The molecule has 1 atom stereocenters. The molecule has 0 aliphatic carbocycles. The Kier molecular flexibility index (Phi) is 5.45. The highest BCUT2D eigenvalue weighted by Gasteiger charge is 2.12. The first kappa shape index (κ1) is 14.3. The lowest BCUT2D eigenvalue weighted by atomic mass is 10.3. The molecule has 100 valence electrons. The van der Waals surface area contributed by atoms with Gasteiger partial charge < -0.3 is 14.2 Å². The zero-order valence-electron chi connectivity index (χ0n) is 11.2. The zero-order valence-corrected chi connectivity index (χ0v) is 11.2. The molecule has 0 bridgehead atoms. The highest BCUT2D eigenvalue weighted by molar-refractivity contribution is 5.71. The van der Waals surface area contributed by atoms with Gasteiger partial charge in [-0.2, -0.15) is 0 Å². The van der Waals surface area contributed by atoms with Crippen LogP contribution in [0.1, 0.15) is 6.92 Å². The highest BCUT2D eigenvalue weighted by atomic mass is 16.6. The predicted molar refractivity (Wildman–Crippen MR) is 67.7 cm³/mol. The number of hydrogen-bond acceptors (Lipinski definition) is 5. The molecule has 0 fully saturated rings. The number of esters is 1.